The lowest BCUT2D eigenvalue weighted by Gasteiger charge is -2.15. The second-order valence-electron chi connectivity index (χ2n) is 4.04. The number of carbonyl (C=O) groups is 1. The SMILES string of the molecule is COc1cc(F)c(Br)cc1NC(=O)C1=COCCC1. The van der Waals surface area contributed by atoms with E-state index in [0.29, 0.717) is 24.3 Å². The van der Waals surface area contributed by atoms with Gasteiger partial charge in [-0.2, -0.15) is 0 Å². The summed E-state index contributed by atoms with van der Waals surface area (Å²) in [6, 6.07) is 2.68. The number of nitrogens with one attached hydrogen (secondary N) is 1. The summed E-state index contributed by atoms with van der Waals surface area (Å²) in [7, 11) is 1.42. The fourth-order valence-electron chi connectivity index (χ4n) is 1.73. The number of benzene rings is 1. The van der Waals surface area contributed by atoms with Crippen molar-refractivity contribution in [1.82, 2.24) is 0 Å². The first-order chi connectivity index (χ1) is 9.11. The predicted octanol–water partition coefficient (Wildman–Crippen LogP) is 3.23. The predicted molar refractivity (Wildman–Crippen MR) is 72.6 cm³/mol. The van der Waals surface area contributed by atoms with Crippen molar-refractivity contribution >= 4 is 27.5 Å². The molecule has 1 aromatic rings. The molecule has 1 aliphatic rings. The minimum atomic E-state index is -0.449. The Kier molecular flexibility index (Phi) is 4.42. The van der Waals surface area contributed by atoms with E-state index < -0.39 is 5.82 Å². The summed E-state index contributed by atoms with van der Waals surface area (Å²) < 4.78 is 23.8. The lowest BCUT2D eigenvalue weighted by molar-refractivity contribution is -0.113. The molecular weight excluding hydrogens is 317 g/mol. The third-order valence-electron chi connectivity index (χ3n) is 2.72. The van der Waals surface area contributed by atoms with E-state index in [9.17, 15) is 9.18 Å². The molecule has 19 heavy (non-hydrogen) atoms. The molecule has 4 nitrogen and oxygen atoms in total. The Balaban J connectivity index is 2.20. The van der Waals surface area contributed by atoms with Crippen LogP contribution in [0.4, 0.5) is 10.1 Å². The van der Waals surface area contributed by atoms with Crippen LogP contribution in [0.15, 0.2) is 28.4 Å². The Morgan fingerprint density at radius 2 is 2.32 bits per heavy atom. The number of rotatable bonds is 3. The molecular formula is C13H13BrFNO3. The summed E-state index contributed by atoms with van der Waals surface area (Å²) in [5.74, 6) is -0.446. The van der Waals surface area contributed by atoms with Gasteiger partial charge in [0.2, 0.25) is 0 Å². The molecule has 2 rings (SSSR count). The summed E-state index contributed by atoms with van der Waals surface area (Å²) in [6.45, 7) is 0.627. The van der Waals surface area contributed by atoms with Gasteiger partial charge in [0.25, 0.3) is 5.91 Å². The lowest BCUT2D eigenvalue weighted by atomic mass is 10.1. The van der Waals surface area contributed by atoms with Crippen molar-refractivity contribution in [2.24, 2.45) is 0 Å². The van der Waals surface area contributed by atoms with E-state index in [-0.39, 0.29) is 16.1 Å². The molecule has 0 saturated heterocycles. The van der Waals surface area contributed by atoms with Crippen LogP contribution in [-0.4, -0.2) is 19.6 Å². The number of anilines is 1. The molecule has 0 unspecified atom stereocenters. The standard InChI is InChI=1S/C13H13BrFNO3/c1-18-12-6-10(15)9(14)5-11(12)16-13(17)8-3-2-4-19-7-8/h5-7H,2-4H2,1H3,(H,16,17). The van der Waals surface area contributed by atoms with E-state index in [0.717, 1.165) is 6.42 Å². The molecule has 102 valence electrons. The molecule has 0 saturated carbocycles. The maximum absolute atomic E-state index is 13.4. The fraction of sp³-hybridized carbons (Fsp3) is 0.308. The van der Waals surface area contributed by atoms with Crippen molar-refractivity contribution in [3.8, 4) is 5.75 Å². The second kappa shape index (κ2) is 6.06. The molecule has 1 amide bonds. The van der Waals surface area contributed by atoms with Crippen LogP contribution in [0.25, 0.3) is 0 Å². The van der Waals surface area contributed by atoms with E-state index >= 15 is 0 Å². The highest BCUT2D eigenvalue weighted by Gasteiger charge is 2.16. The number of carbonyl (C=O) groups excluding carboxylic acids is 1. The maximum Gasteiger partial charge on any atom is 0.254 e. The molecule has 0 aliphatic carbocycles. The molecule has 6 heteroatoms. The summed E-state index contributed by atoms with van der Waals surface area (Å²) >= 11 is 3.07. The first-order valence-electron chi connectivity index (χ1n) is 5.77. The van der Waals surface area contributed by atoms with Crippen LogP contribution >= 0.6 is 15.9 Å². The summed E-state index contributed by atoms with van der Waals surface area (Å²) in [5.41, 5.74) is 0.973. The normalized spacial score (nSPS) is 14.4. The Morgan fingerprint density at radius 1 is 1.53 bits per heavy atom. The molecule has 0 fully saturated rings. The van der Waals surface area contributed by atoms with Crippen molar-refractivity contribution in [3.05, 3.63) is 34.3 Å². The largest absolute Gasteiger partial charge is 0.501 e. The summed E-state index contributed by atoms with van der Waals surface area (Å²) in [6.07, 6.45) is 2.93. The maximum atomic E-state index is 13.4. The van der Waals surface area contributed by atoms with Crippen molar-refractivity contribution in [3.63, 3.8) is 0 Å². The van der Waals surface area contributed by atoms with Crippen LogP contribution in [0.3, 0.4) is 0 Å². The first kappa shape index (κ1) is 13.9. The van der Waals surface area contributed by atoms with Crippen LogP contribution in [0.2, 0.25) is 0 Å². The molecule has 0 aromatic heterocycles. The van der Waals surface area contributed by atoms with Gasteiger partial charge in [0.15, 0.2) is 0 Å². The highest BCUT2D eigenvalue weighted by Crippen LogP contribution is 2.31. The van der Waals surface area contributed by atoms with Gasteiger partial charge in [0.05, 0.1) is 35.7 Å². The lowest BCUT2D eigenvalue weighted by Crippen LogP contribution is -2.17. The number of hydrogen-bond donors (Lipinski definition) is 1. The smallest absolute Gasteiger partial charge is 0.254 e. The van der Waals surface area contributed by atoms with Gasteiger partial charge in [0.1, 0.15) is 11.6 Å². The van der Waals surface area contributed by atoms with Gasteiger partial charge in [-0.05, 0) is 34.8 Å². The van der Waals surface area contributed by atoms with Crippen LogP contribution in [0, 0.1) is 5.82 Å². The van der Waals surface area contributed by atoms with Crippen LogP contribution in [0.1, 0.15) is 12.8 Å². The molecule has 0 atom stereocenters. The van der Waals surface area contributed by atoms with E-state index in [1.54, 1.807) is 0 Å². The third-order valence-corrected chi connectivity index (χ3v) is 3.32. The third kappa shape index (κ3) is 3.26. The zero-order chi connectivity index (χ0) is 13.8. The fourth-order valence-corrected chi connectivity index (χ4v) is 2.07. The second-order valence-corrected chi connectivity index (χ2v) is 4.89. The number of hydrogen-bond acceptors (Lipinski definition) is 3. The van der Waals surface area contributed by atoms with Crippen molar-refractivity contribution in [2.75, 3.05) is 19.0 Å². The van der Waals surface area contributed by atoms with Gasteiger partial charge >= 0.3 is 0 Å². The number of halogens is 2. The number of amides is 1. The van der Waals surface area contributed by atoms with E-state index in [2.05, 4.69) is 21.2 Å². The topological polar surface area (TPSA) is 47.6 Å². The Bertz CT molecular complexity index is 531. The van der Waals surface area contributed by atoms with Crippen LogP contribution in [0.5, 0.6) is 5.75 Å². The van der Waals surface area contributed by atoms with Crippen molar-refractivity contribution in [1.29, 1.82) is 0 Å². The van der Waals surface area contributed by atoms with Crippen LogP contribution < -0.4 is 10.1 Å². The van der Waals surface area contributed by atoms with Gasteiger partial charge in [-0.25, -0.2) is 4.39 Å². The van der Waals surface area contributed by atoms with Crippen molar-refractivity contribution in [2.45, 2.75) is 12.8 Å². The molecule has 1 aromatic carbocycles. The Morgan fingerprint density at radius 3 is 2.95 bits per heavy atom. The van der Waals surface area contributed by atoms with Gasteiger partial charge in [-0.15, -0.1) is 0 Å². The highest BCUT2D eigenvalue weighted by molar-refractivity contribution is 9.10. The van der Waals surface area contributed by atoms with Gasteiger partial charge < -0.3 is 14.8 Å². The average molecular weight is 330 g/mol. The monoisotopic (exact) mass is 329 g/mol. The summed E-state index contributed by atoms with van der Waals surface area (Å²) in [4.78, 5) is 12.0. The number of ether oxygens (including phenoxy) is 2. The molecule has 1 heterocycles. The van der Waals surface area contributed by atoms with Gasteiger partial charge in [0, 0.05) is 6.07 Å². The first-order valence-corrected chi connectivity index (χ1v) is 6.56. The number of methoxy groups -OCH3 is 1. The van der Waals surface area contributed by atoms with E-state index in [1.807, 2.05) is 0 Å². The molecule has 0 spiro atoms. The molecule has 1 aliphatic heterocycles. The Hall–Kier alpha value is -1.56. The highest BCUT2D eigenvalue weighted by atomic mass is 79.9. The molecule has 0 bridgehead atoms. The average Bonchev–Trinajstić information content (AvgIpc) is 2.43. The molecule has 1 N–H and O–H groups in total. The zero-order valence-electron chi connectivity index (χ0n) is 10.3. The minimum absolute atomic E-state index is 0.262. The van der Waals surface area contributed by atoms with Gasteiger partial charge in [-0.3, -0.25) is 4.79 Å². The van der Waals surface area contributed by atoms with Crippen LogP contribution in [-0.2, 0) is 9.53 Å². The van der Waals surface area contributed by atoms with Crippen molar-refractivity contribution < 1.29 is 18.7 Å². The molecule has 0 radical (unpaired) electrons. The summed E-state index contributed by atoms with van der Waals surface area (Å²) in [5, 5.41) is 2.69. The van der Waals surface area contributed by atoms with E-state index in [4.69, 9.17) is 9.47 Å². The quantitative estimate of drug-likeness (QED) is 0.926. The van der Waals surface area contributed by atoms with Gasteiger partial charge in [-0.1, -0.05) is 0 Å². The van der Waals surface area contributed by atoms with E-state index in [1.165, 1.54) is 25.5 Å². The Labute approximate surface area is 118 Å². The zero-order valence-corrected chi connectivity index (χ0v) is 11.9. The minimum Gasteiger partial charge on any atom is -0.501 e.